The standard InChI is InChI=1S/C16H11BrCl2F3N5O/c1-26-12(11(17)13(24-26)16(20,21)22)15(28)23-14-10(19)7-27(25-14)6-8-4-2-3-5-9(8)18/h2-5,7H,6H2,1H3,(H,23,25,28). The van der Waals surface area contributed by atoms with Crippen LogP contribution in [0.5, 0.6) is 0 Å². The van der Waals surface area contributed by atoms with Crippen LogP contribution in [0, 0.1) is 0 Å². The Labute approximate surface area is 175 Å². The highest BCUT2D eigenvalue weighted by atomic mass is 79.9. The van der Waals surface area contributed by atoms with Gasteiger partial charge >= 0.3 is 6.18 Å². The van der Waals surface area contributed by atoms with E-state index in [4.69, 9.17) is 23.2 Å². The maximum Gasteiger partial charge on any atom is 0.436 e. The molecule has 0 aliphatic rings. The number of halogens is 6. The SMILES string of the molecule is Cn1nc(C(F)(F)F)c(Br)c1C(=O)Nc1nn(Cc2ccccc2Cl)cc1Cl. The molecule has 0 aliphatic heterocycles. The Morgan fingerprint density at radius 1 is 1.21 bits per heavy atom. The molecule has 0 bridgehead atoms. The van der Waals surface area contributed by atoms with E-state index in [2.05, 4.69) is 31.4 Å². The van der Waals surface area contributed by atoms with Crippen molar-refractivity contribution < 1.29 is 18.0 Å². The van der Waals surface area contributed by atoms with Gasteiger partial charge in [0.15, 0.2) is 11.5 Å². The maximum absolute atomic E-state index is 13.0. The van der Waals surface area contributed by atoms with Crippen molar-refractivity contribution in [1.82, 2.24) is 19.6 Å². The predicted molar refractivity (Wildman–Crippen MR) is 102 cm³/mol. The molecule has 2 aromatic heterocycles. The van der Waals surface area contributed by atoms with Gasteiger partial charge < -0.3 is 5.32 Å². The van der Waals surface area contributed by atoms with Crippen molar-refractivity contribution in [3.63, 3.8) is 0 Å². The Kier molecular flexibility index (Phi) is 5.74. The van der Waals surface area contributed by atoms with Crippen LogP contribution in [0.3, 0.4) is 0 Å². The smallest absolute Gasteiger partial charge is 0.302 e. The molecule has 0 saturated carbocycles. The molecule has 0 aliphatic carbocycles. The van der Waals surface area contributed by atoms with E-state index in [1.165, 1.54) is 17.9 Å². The summed E-state index contributed by atoms with van der Waals surface area (Å²) in [6.45, 7) is 0.295. The van der Waals surface area contributed by atoms with Gasteiger partial charge in [0.25, 0.3) is 5.91 Å². The Morgan fingerprint density at radius 3 is 2.50 bits per heavy atom. The van der Waals surface area contributed by atoms with Gasteiger partial charge in [0.05, 0.1) is 11.0 Å². The summed E-state index contributed by atoms with van der Waals surface area (Å²) in [6, 6.07) is 7.13. The molecule has 3 aromatic rings. The van der Waals surface area contributed by atoms with Crippen LogP contribution >= 0.6 is 39.1 Å². The van der Waals surface area contributed by atoms with Crippen molar-refractivity contribution in [1.29, 1.82) is 0 Å². The van der Waals surface area contributed by atoms with Crippen LogP contribution in [0.1, 0.15) is 21.7 Å². The van der Waals surface area contributed by atoms with Crippen LogP contribution in [0.15, 0.2) is 34.9 Å². The van der Waals surface area contributed by atoms with Gasteiger partial charge in [-0.3, -0.25) is 14.2 Å². The molecule has 0 atom stereocenters. The number of benzene rings is 1. The van der Waals surface area contributed by atoms with E-state index in [0.717, 1.165) is 10.2 Å². The lowest BCUT2D eigenvalue weighted by atomic mass is 10.2. The quantitative estimate of drug-likeness (QED) is 0.552. The molecule has 3 rings (SSSR count). The van der Waals surface area contributed by atoms with Crippen molar-refractivity contribution >= 4 is 50.9 Å². The summed E-state index contributed by atoms with van der Waals surface area (Å²) in [7, 11) is 1.23. The van der Waals surface area contributed by atoms with E-state index in [9.17, 15) is 18.0 Å². The normalized spacial score (nSPS) is 11.7. The Balaban J connectivity index is 1.83. The van der Waals surface area contributed by atoms with Crippen molar-refractivity contribution in [2.45, 2.75) is 12.7 Å². The number of amides is 1. The van der Waals surface area contributed by atoms with E-state index in [1.807, 2.05) is 12.1 Å². The van der Waals surface area contributed by atoms with Crippen LogP contribution in [-0.2, 0) is 19.8 Å². The molecule has 0 spiro atoms. The molecule has 1 amide bonds. The molecule has 6 nitrogen and oxygen atoms in total. The maximum atomic E-state index is 13.0. The number of carbonyl (C=O) groups is 1. The fourth-order valence-corrected chi connectivity index (χ4v) is 3.59. The number of nitrogens with one attached hydrogen (secondary N) is 1. The monoisotopic (exact) mass is 495 g/mol. The van der Waals surface area contributed by atoms with Gasteiger partial charge in [0.1, 0.15) is 10.7 Å². The molecule has 28 heavy (non-hydrogen) atoms. The van der Waals surface area contributed by atoms with Crippen LogP contribution in [0.4, 0.5) is 19.0 Å². The van der Waals surface area contributed by atoms with Crippen LogP contribution in [0.2, 0.25) is 10.0 Å². The molecule has 2 heterocycles. The molecule has 148 valence electrons. The van der Waals surface area contributed by atoms with Crippen molar-refractivity contribution in [3.05, 3.63) is 61.9 Å². The van der Waals surface area contributed by atoms with Gasteiger partial charge in [0, 0.05) is 18.3 Å². The Bertz CT molecular complexity index is 1050. The highest BCUT2D eigenvalue weighted by Crippen LogP contribution is 2.36. The van der Waals surface area contributed by atoms with Gasteiger partial charge in [-0.15, -0.1) is 0 Å². The first kappa shape index (κ1) is 20.7. The molecule has 0 radical (unpaired) electrons. The molecule has 1 aromatic carbocycles. The molecule has 0 fully saturated rings. The first-order valence-corrected chi connectivity index (χ1v) is 9.20. The zero-order valence-electron chi connectivity index (χ0n) is 14.1. The first-order chi connectivity index (χ1) is 13.1. The third-order valence-corrected chi connectivity index (χ3v) is 5.11. The molecular weight excluding hydrogens is 486 g/mol. The van der Waals surface area contributed by atoms with Crippen LogP contribution < -0.4 is 5.32 Å². The largest absolute Gasteiger partial charge is 0.436 e. The minimum Gasteiger partial charge on any atom is -0.302 e. The van der Waals surface area contributed by atoms with E-state index < -0.39 is 22.3 Å². The summed E-state index contributed by atoms with van der Waals surface area (Å²) >= 11 is 15.0. The van der Waals surface area contributed by atoms with Crippen molar-refractivity contribution in [2.24, 2.45) is 7.05 Å². The highest BCUT2D eigenvalue weighted by molar-refractivity contribution is 9.10. The second-order valence-corrected chi connectivity index (χ2v) is 7.31. The number of hydrogen-bond acceptors (Lipinski definition) is 3. The lowest BCUT2D eigenvalue weighted by Gasteiger charge is -2.05. The lowest BCUT2D eigenvalue weighted by molar-refractivity contribution is -0.142. The van der Waals surface area contributed by atoms with Crippen LogP contribution in [0.25, 0.3) is 0 Å². The number of nitrogens with zero attached hydrogens (tertiary/aromatic N) is 4. The number of hydrogen-bond donors (Lipinski definition) is 1. The van der Waals surface area contributed by atoms with Gasteiger partial charge in [-0.2, -0.15) is 23.4 Å². The fourth-order valence-electron chi connectivity index (χ4n) is 2.46. The molecule has 1 N–H and O–H groups in total. The third kappa shape index (κ3) is 4.18. The summed E-state index contributed by atoms with van der Waals surface area (Å²) in [5.74, 6) is -0.845. The van der Waals surface area contributed by atoms with Gasteiger partial charge in [-0.25, -0.2) is 0 Å². The number of carbonyl (C=O) groups excluding carboxylic acids is 1. The zero-order valence-corrected chi connectivity index (χ0v) is 17.2. The predicted octanol–water partition coefficient (Wildman–Crippen LogP) is 5.01. The van der Waals surface area contributed by atoms with Crippen molar-refractivity contribution in [3.8, 4) is 0 Å². The summed E-state index contributed by atoms with van der Waals surface area (Å²) in [5.41, 5.74) is -0.732. The highest BCUT2D eigenvalue weighted by Gasteiger charge is 2.39. The minimum absolute atomic E-state index is 0.000351. The van der Waals surface area contributed by atoms with E-state index >= 15 is 0 Å². The topological polar surface area (TPSA) is 64.7 Å². The van der Waals surface area contributed by atoms with E-state index in [0.29, 0.717) is 11.6 Å². The van der Waals surface area contributed by atoms with Gasteiger partial charge in [-0.1, -0.05) is 41.4 Å². The molecule has 0 saturated heterocycles. The second kappa shape index (κ2) is 7.76. The first-order valence-electron chi connectivity index (χ1n) is 7.65. The number of anilines is 1. The molecule has 0 unspecified atom stereocenters. The summed E-state index contributed by atoms with van der Waals surface area (Å²) < 4.78 is 40.7. The summed E-state index contributed by atoms with van der Waals surface area (Å²) in [4.78, 5) is 12.5. The average Bonchev–Trinajstić information content (AvgIpc) is 3.08. The summed E-state index contributed by atoms with van der Waals surface area (Å²) in [6.07, 6.45) is -3.23. The number of rotatable bonds is 4. The number of aryl methyl sites for hydroxylation is 1. The zero-order chi connectivity index (χ0) is 20.6. The molecular formula is C16H11BrCl2F3N5O. The Hall–Kier alpha value is -2.04. The van der Waals surface area contributed by atoms with E-state index in [-0.39, 0.29) is 16.5 Å². The third-order valence-electron chi connectivity index (χ3n) is 3.71. The van der Waals surface area contributed by atoms with Gasteiger partial charge in [0.2, 0.25) is 0 Å². The Morgan fingerprint density at radius 2 is 1.89 bits per heavy atom. The van der Waals surface area contributed by atoms with Crippen molar-refractivity contribution in [2.75, 3.05) is 5.32 Å². The summed E-state index contributed by atoms with van der Waals surface area (Å²) in [5, 5.41) is 10.6. The van der Waals surface area contributed by atoms with Gasteiger partial charge in [-0.05, 0) is 27.6 Å². The average molecular weight is 497 g/mol. The van der Waals surface area contributed by atoms with Crippen LogP contribution in [-0.4, -0.2) is 25.5 Å². The van der Waals surface area contributed by atoms with E-state index in [1.54, 1.807) is 12.1 Å². The lowest BCUT2D eigenvalue weighted by Crippen LogP contribution is -2.17. The number of alkyl halides is 3. The second-order valence-electron chi connectivity index (χ2n) is 5.70. The number of aromatic nitrogens is 4. The fraction of sp³-hybridized carbons (Fsp3) is 0.188. The molecule has 12 heteroatoms. The minimum atomic E-state index is -4.71.